The third-order valence-corrected chi connectivity index (χ3v) is 6.95. The molecule has 0 bridgehead atoms. The molecule has 16 heteroatoms. The average Bonchev–Trinajstić information content (AvgIpc) is 3.41. The van der Waals surface area contributed by atoms with Crippen LogP contribution in [0.1, 0.15) is 25.8 Å². The minimum atomic E-state index is -1.78. The monoisotopic (exact) mass is 631 g/mol. The lowest BCUT2D eigenvalue weighted by molar-refractivity contribution is -0.137. The van der Waals surface area contributed by atoms with Crippen molar-refractivity contribution in [2.75, 3.05) is 32.0 Å². The lowest BCUT2D eigenvalue weighted by atomic mass is 10.1. The Bertz CT molecular complexity index is 1770. The molecule has 2 aromatic carbocycles. The van der Waals surface area contributed by atoms with Gasteiger partial charge in [-0.2, -0.15) is 13.9 Å². The number of carbonyl (C=O) groups is 2. The van der Waals surface area contributed by atoms with Gasteiger partial charge in [0.05, 0.1) is 18.0 Å². The van der Waals surface area contributed by atoms with Crippen molar-refractivity contribution in [1.82, 2.24) is 30.0 Å². The molecule has 1 aliphatic rings. The molecule has 0 aliphatic carbocycles. The number of urea groups is 1. The molecule has 0 spiro atoms. The number of anilines is 1. The van der Waals surface area contributed by atoms with E-state index in [4.69, 9.17) is 15.2 Å². The van der Waals surface area contributed by atoms with E-state index in [2.05, 4.69) is 20.4 Å². The fourth-order valence-corrected chi connectivity index (χ4v) is 4.89. The van der Waals surface area contributed by atoms with Gasteiger partial charge in [-0.3, -0.25) is 0 Å². The van der Waals surface area contributed by atoms with Crippen LogP contribution in [0.5, 0.6) is 11.5 Å². The van der Waals surface area contributed by atoms with Gasteiger partial charge in [-0.05, 0) is 31.9 Å². The number of hydrogen-bond acceptors (Lipinski definition) is 8. The molecule has 1 aliphatic heterocycles. The van der Waals surface area contributed by atoms with E-state index in [-0.39, 0.29) is 65.9 Å². The Hall–Kier alpha value is -5.28. The number of hydrogen-bond donors (Lipinski definition) is 2. The van der Waals surface area contributed by atoms with Gasteiger partial charge in [0.1, 0.15) is 29.4 Å². The van der Waals surface area contributed by atoms with E-state index in [9.17, 15) is 27.2 Å². The second kappa shape index (κ2) is 13.2. The van der Waals surface area contributed by atoms with Gasteiger partial charge >= 0.3 is 12.0 Å². The number of benzene rings is 2. The lowest BCUT2D eigenvalue weighted by Gasteiger charge is -2.32. The molecule has 0 radical (unpaired) electrons. The molecular weight excluding hydrogens is 605 g/mol. The molecular formula is C29H26F5N7O4. The largest absolute Gasteiger partial charge is 0.463 e. The van der Waals surface area contributed by atoms with Crippen LogP contribution in [-0.2, 0) is 9.53 Å². The number of nitrogens with one attached hydrogen (secondary N) is 1. The predicted octanol–water partition coefficient (Wildman–Crippen LogP) is 5.03. The van der Waals surface area contributed by atoms with Crippen molar-refractivity contribution < 1.29 is 41.0 Å². The van der Waals surface area contributed by atoms with Crippen LogP contribution in [-0.4, -0.2) is 62.9 Å². The highest BCUT2D eigenvalue weighted by atomic mass is 19.2. The van der Waals surface area contributed by atoms with Gasteiger partial charge in [0, 0.05) is 43.4 Å². The minimum absolute atomic E-state index is 0.000787. The van der Waals surface area contributed by atoms with Crippen molar-refractivity contribution in [2.45, 2.75) is 25.8 Å². The van der Waals surface area contributed by atoms with Crippen molar-refractivity contribution in [3.63, 3.8) is 0 Å². The molecule has 4 aromatic rings. The summed E-state index contributed by atoms with van der Waals surface area (Å²) in [6, 6.07) is 2.37. The number of nitrogens with two attached hydrogens (primary N) is 1. The molecule has 1 unspecified atom stereocenters. The highest BCUT2D eigenvalue weighted by molar-refractivity contribution is 5.98. The number of nitrogens with zero attached hydrogens (tertiary/aromatic N) is 5. The van der Waals surface area contributed by atoms with E-state index in [1.54, 1.807) is 11.8 Å². The summed E-state index contributed by atoms with van der Waals surface area (Å²) in [5.74, 6) is -10.2. The molecule has 1 atom stereocenters. The zero-order valence-electron chi connectivity index (χ0n) is 23.7. The van der Waals surface area contributed by atoms with Gasteiger partial charge in [-0.15, -0.1) is 0 Å². The first kappa shape index (κ1) is 31.2. The maximum Gasteiger partial charge on any atom is 0.330 e. The molecule has 2 amide bonds. The summed E-state index contributed by atoms with van der Waals surface area (Å²) in [7, 11) is 0. The zero-order chi connectivity index (χ0) is 32.2. The first-order valence-corrected chi connectivity index (χ1v) is 13.7. The number of aromatic nitrogens is 4. The van der Waals surface area contributed by atoms with Crippen molar-refractivity contribution in [2.24, 2.45) is 0 Å². The number of rotatable bonds is 8. The van der Waals surface area contributed by atoms with Gasteiger partial charge in [0.15, 0.2) is 17.3 Å². The summed E-state index contributed by atoms with van der Waals surface area (Å²) in [5, 5.41) is 7.52. The van der Waals surface area contributed by atoms with Crippen molar-refractivity contribution in [3.05, 3.63) is 71.8 Å². The summed E-state index contributed by atoms with van der Waals surface area (Å²) >= 11 is 0. The standard InChI is InChI=1S/C29H26F5N7O4/c1-2-44-21(42)6-3-9-36-29(43)40-10-4-5-15(13-40)41-28-22(27(35)37-14-38-28)25(39-41)17-8-7-16(11-18(17)30)45-26-23(33)19(31)12-20(32)24(26)34/h3,6-8,11-12,14-15H,2,4-5,9-10,13H2,1H3,(H,36,43)(H2,35,37,38). The van der Waals surface area contributed by atoms with Crippen LogP contribution in [0, 0.1) is 29.1 Å². The van der Waals surface area contributed by atoms with Gasteiger partial charge in [0.25, 0.3) is 0 Å². The number of esters is 1. The Kier molecular flexibility index (Phi) is 9.11. The third-order valence-electron chi connectivity index (χ3n) is 6.95. The van der Waals surface area contributed by atoms with Crippen LogP contribution in [0.3, 0.4) is 0 Å². The quantitative estimate of drug-likeness (QED) is 0.120. The summed E-state index contributed by atoms with van der Waals surface area (Å²) < 4.78 is 82.2. The fraction of sp³-hybridized carbons (Fsp3) is 0.276. The fourth-order valence-electron chi connectivity index (χ4n) is 4.89. The molecule has 11 nitrogen and oxygen atoms in total. The van der Waals surface area contributed by atoms with E-state index in [1.807, 2.05) is 0 Å². The van der Waals surface area contributed by atoms with Crippen LogP contribution in [0.2, 0.25) is 0 Å². The van der Waals surface area contributed by atoms with E-state index in [0.717, 1.165) is 12.1 Å². The number of ether oxygens (including phenoxy) is 2. The summed E-state index contributed by atoms with van der Waals surface area (Å²) in [6.45, 7) is 2.70. The van der Waals surface area contributed by atoms with E-state index >= 15 is 4.39 Å². The van der Waals surface area contributed by atoms with Crippen LogP contribution in [0.15, 0.2) is 42.7 Å². The third kappa shape index (κ3) is 6.49. The number of nitrogen functional groups attached to an aromatic ring is 1. The summed E-state index contributed by atoms with van der Waals surface area (Å²) in [6.07, 6.45) is 5.13. The van der Waals surface area contributed by atoms with Gasteiger partial charge < -0.3 is 25.4 Å². The Labute approximate surface area is 252 Å². The Morgan fingerprint density at radius 1 is 1.09 bits per heavy atom. The van der Waals surface area contributed by atoms with Gasteiger partial charge in [-0.25, -0.2) is 37.4 Å². The smallest absolute Gasteiger partial charge is 0.330 e. The number of halogens is 5. The SMILES string of the molecule is CCOC(=O)C=CCNC(=O)N1CCCC(n2nc(-c3ccc(Oc4c(F)c(F)cc(F)c4F)cc3F)c3c(N)ncnc32)C1. The predicted molar refractivity (Wildman–Crippen MR) is 150 cm³/mol. The number of amides is 2. The molecule has 45 heavy (non-hydrogen) atoms. The molecule has 3 N–H and O–H groups in total. The van der Waals surface area contributed by atoms with Crippen LogP contribution in [0.4, 0.5) is 32.6 Å². The first-order valence-electron chi connectivity index (χ1n) is 13.7. The minimum Gasteiger partial charge on any atom is -0.463 e. The van der Waals surface area contributed by atoms with Crippen molar-refractivity contribution >= 4 is 28.9 Å². The Morgan fingerprint density at radius 3 is 2.56 bits per heavy atom. The topological polar surface area (TPSA) is 137 Å². The first-order chi connectivity index (χ1) is 21.6. The Morgan fingerprint density at radius 2 is 1.84 bits per heavy atom. The number of carbonyl (C=O) groups excluding carboxylic acids is 2. The molecule has 0 saturated carbocycles. The van der Waals surface area contributed by atoms with E-state index in [1.165, 1.54) is 29.2 Å². The molecule has 3 heterocycles. The Balaban J connectivity index is 1.40. The number of piperidine rings is 1. The van der Waals surface area contributed by atoms with Crippen LogP contribution >= 0.6 is 0 Å². The lowest BCUT2D eigenvalue weighted by Crippen LogP contribution is -2.46. The highest BCUT2D eigenvalue weighted by Gasteiger charge is 2.29. The van der Waals surface area contributed by atoms with Crippen molar-refractivity contribution in [1.29, 1.82) is 0 Å². The molecule has 236 valence electrons. The maximum atomic E-state index is 15.5. The van der Waals surface area contributed by atoms with Gasteiger partial charge in [-0.1, -0.05) is 6.08 Å². The maximum absolute atomic E-state index is 15.5. The highest BCUT2D eigenvalue weighted by Crippen LogP contribution is 2.37. The normalized spacial score (nSPS) is 15.1. The second-order valence-electron chi connectivity index (χ2n) is 9.87. The zero-order valence-corrected chi connectivity index (χ0v) is 23.7. The number of fused-ring (bicyclic) bond motifs is 1. The van der Waals surface area contributed by atoms with Crippen LogP contribution < -0.4 is 15.8 Å². The average molecular weight is 632 g/mol. The van der Waals surface area contributed by atoms with Crippen LogP contribution in [0.25, 0.3) is 22.3 Å². The summed E-state index contributed by atoms with van der Waals surface area (Å²) in [5.41, 5.74) is 6.37. The molecule has 5 rings (SSSR count). The number of likely N-dealkylation sites (tertiary alicyclic amines) is 1. The van der Waals surface area contributed by atoms with E-state index < -0.39 is 46.6 Å². The molecule has 1 saturated heterocycles. The van der Waals surface area contributed by atoms with Gasteiger partial charge in [0.2, 0.25) is 17.4 Å². The molecule has 2 aromatic heterocycles. The van der Waals surface area contributed by atoms with Crippen molar-refractivity contribution in [3.8, 4) is 22.8 Å². The molecule has 1 fully saturated rings. The van der Waals surface area contributed by atoms with E-state index in [0.29, 0.717) is 19.4 Å². The summed E-state index contributed by atoms with van der Waals surface area (Å²) in [4.78, 5) is 34.1. The second-order valence-corrected chi connectivity index (χ2v) is 9.87.